The van der Waals surface area contributed by atoms with Crippen LogP contribution in [0.4, 0.5) is 5.95 Å². The minimum Gasteiger partial charge on any atom is -0.477 e. The molecular weight excluding hydrogens is 232 g/mol. The number of anilines is 1. The second-order valence-corrected chi connectivity index (χ2v) is 4.72. The van der Waals surface area contributed by atoms with Gasteiger partial charge in [0.05, 0.1) is 0 Å². The smallest absolute Gasteiger partial charge is 0.354 e. The molecule has 0 bridgehead atoms. The van der Waals surface area contributed by atoms with Crippen molar-refractivity contribution < 1.29 is 9.90 Å². The molecule has 0 aliphatic carbocycles. The predicted molar refractivity (Wildman–Crippen MR) is 67.7 cm³/mol. The summed E-state index contributed by atoms with van der Waals surface area (Å²) in [5, 5.41) is 12.0. The van der Waals surface area contributed by atoms with Crippen LogP contribution in [0.2, 0.25) is 0 Å². The van der Waals surface area contributed by atoms with E-state index in [0.717, 1.165) is 19.6 Å². The Balaban J connectivity index is 1.89. The van der Waals surface area contributed by atoms with E-state index in [1.54, 1.807) is 0 Å². The van der Waals surface area contributed by atoms with Gasteiger partial charge in [0.15, 0.2) is 5.69 Å². The van der Waals surface area contributed by atoms with Crippen molar-refractivity contribution in [2.45, 2.75) is 12.8 Å². The van der Waals surface area contributed by atoms with Crippen molar-refractivity contribution in [2.75, 3.05) is 32.0 Å². The molecule has 1 aliphatic rings. The van der Waals surface area contributed by atoms with Gasteiger partial charge in [-0.3, -0.25) is 0 Å². The summed E-state index contributed by atoms with van der Waals surface area (Å²) in [6, 6.07) is 1.39. The lowest BCUT2D eigenvalue weighted by molar-refractivity contribution is 0.0690. The van der Waals surface area contributed by atoms with Crippen molar-refractivity contribution in [2.24, 2.45) is 5.92 Å². The highest BCUT2D eigenvalue weighted by Gasteiger charge is 2.17. The van der Waals surface area contributed by atoms with Gasteiger partial charge in [0.1, 0.15) is 0 Å². The molecule has 6 heteroatoms. The van der Waals surface area contributed by atoms with Gasteiger partial charge in [-0.1, -0.05) is 0 Å². The van der Waals surface area contributed by atoms with Crippen molar-refractivity contribution in [1.82, 2.24) is 14.9 Å². The molecule has 0 amide bonds. The Labute approximate surface area is 106 Å². The van der Waals surface area contributed by atoms with Gasteiger partial charge in [0.2, 0.25) is 5.95 Å². The van der Waals surface area contributed by atoms with E-state index in [1.165, 1.54) is 25.1 Å². The number of aromatic carboxylic acids is 1. The Kier molecular flexibility index (Phi) is 4.09. The molecule has 1 aromatic heterocycles. The SMILES string of the molecule is CN1CCCC(CNc2nccc(C(=O)O)n2)C1. The summed E-state index contributed by atoms with van der Waals surface area (Å²) in [4.78, 5) is 21.1. The Morgan fingerprint density at radius 2 is 2.50 bits per heavy atom. The number of aromatic nitrogens is 2. The second kappa shape index (κ2) is 5.77. The zero-order chi connectivity index (χ0) is 13.0. The zero-order valence-electron chi connectivity index (χ0n) is 10.5. The Hall–Kier alpha value is -1.69. The molecule has 2 rings (SSSR count). The van der Waals surface area contributed by atoms with Gasteiger partial charge in [-0.15, -0.1) is 0 Å². The molecule has 1 fully saturated rings. The van der Waals surface area contributed by atoms with E-state index in [4.69, 9.17) is 5.11 Å². The molecule has 1 unspecified atom stereocenters. The molecule has 1 atom stereocenters. The maximum absolute atomic E-state index is 10.8. The fraction of sp³-hybridized carbons (Fsp3) is 0.583. The third-order valence-corrected chi connectivity index (χ3v) is 3.15. The third-order valence-electron chi connectivity index (χ3n) is 3.15. The number of hydrogen-bond donors (Lipinski definition) is 2. The number of carboxylic acid groups (broad SMARTS) is 1. The summed E-state index contributed by atoms with van der Waals surface area (Å²) in [6.45, 7) is 3.00. The number of carboxylic acids is 1. The quantitative estimate of drug-likeness (QED) is 0.827. The molecule has 1 aromatic rings. The normalized spacial score (nSPS) is 20.6. The van der Waals surface area contributed by atoms with Gasteiger partial charge in [-0.05, 0) is 38.4 Å². The molecule has 2 heterocycles. The van der Waals surface area contributed by atoms with Crippen LogP contribution in [0.15, 0.2) is 12.3 Å². The average molecular weight is 250 g/mol. The number of rotatable bonds is 4. The van der Waals surface area contributed by atoms with Gasteiger partial charge >= 0.3 is 5.97 Å². The fourth-order valence-corrected chi connectivity index (χ4v) is 2.24. The predicted octanol–water partition coefficient (Wildman–Crippen LogP) is 0.928. The summed E-state index contributed by atoms with van der Waals surface area (Å²) in [6.07, 6.45) is 3.86. The summed E-state index contributed by atoms with van der Waals surface area (Å²) >= 11 is 0. The topological polar surface area (TPSA) is 78.4 Å². The first kappa shape index (κ1) is 12.8. The molecule has 1 saturated heterocycles. The highest BCUT2D eigenvalue weighted by molar-refractivity contribution is 5.85. The molecule has 18 heavy (non-hydrogen) atoms. The fourth-order valence-electron chi connectivity index (χ4n) is 2.24. The molecule has 0 radical (unpaired) electrons. The first-order valence-electron chi connectivity index (χ1n) is 6.14. The number of nitrogens with zero attached hydrogens (tertiary/aromatic N) is 3. The van der Waals surface area contributed by atoms with Crippen molar-refractivity contribution in [3.8, 4) is 0 Å². The van der Waals surface area contributed by atoms with Crippen LogP contribution in [-0.2, 0) is 0 Å². The first-order valence-corrected chi connectivity index (χ1v) is 6.14. The van der Waals surface area contributed by atoms with Crippen molar-refractivity contribution in [3.63, 3.8) is 0 Å². The number of likely N-dealkylation sites (tertiary alicyclic amines) is 1. The lowest BCUT2D eigenvalue weighted by Gasteiger charge is -2.29. The van der Waals surface area contributed by atoms with Crippen LogP contribution in [0.5, 0.6) is 0 Å². The average Bonchev–Trinajstić information content (AvgIpc) is 2.37. The maximum Gasteiger partial charge on any atom is 0.354 e. The summed E-state index contributed by atoms with van der Waals surface area (Å²) in [5.41, 5.74) is 0.0215. The van der Waals surface area contributed by atoms with E-state index in [0.29, 0.717) is 11.9 Å². The lowest BCUT2D eigenvalue weighted by atomic mass is 9.99. The van der Waals surface area contributed by atoms with Crippen LogP contribution in [-0.4, -0.2) is 52.6 Å². The van der Waals surface area contributed by atoms with Crippen LogP contribution in [0.25, 0.3) is 0 Å². The molecular formula is C12H18N4O2. The van der Waals surface area contributed by atoms with Crippen molar-refractivity contribution >= 4 is 11.9 Å². The minimum absolute atomic E-state index is 0.0215. The van der Waals surface area contributed by atoms with E-state index in [1.807, 2.05) is 0 Å². The van der Waals surface area contributed by atoms with Gasteiger partial charge in [-0.2, -0.15) is 0 Å². The van der Waals surface area contributed by atoms with Crippen LogP contribution in [0.1, 0.15) is 23.3 Å². The van der Waals surface area contributed by atoms with Crippen LogP contribution >= 0.6 is 0 Å². The minimum atomic E-state index is -1.03. The van der Waals surface area contributed by atoms with Gasteiger partial charge in [0.25, 0.3) is 0 Å². The van der Waals surface area contributed by atoms with E-state index in [2.05, 4.69) is 27.2 Å². The number of piperidine rings is 1. The van der Waals surface area contributed by atoms with E-state index in [-0.39, 0.29) is 5.69 Å². The van der Waals surface area contributed by atoms with Gasteiger partial charge in [-0.25, -0.2) is 14.8 Å². The number of nitrogens with one attached hydrogen (secondary N) is 1. The molecule has 0 aromatic carbocycles. The highest BCUT2D eigenvalue weighted by Crippen LogP contribution is 2.15. The van der Waals surface area contributed by atoms with Crippen molar-refractivity contribution in [3.05, 3.63) is 18.0 Å². The van der Waals surface area contributed by atoms with Crippen LogP contribution in [0, 0.1) is 5.92 Å². The summed E-state index contributed by atoms with van der Waals surface area (Å²) in [5.74, 6) is -0.0678. The number of hydrogen-bond acceptors (Lipinski definition) is 5. The second-order valence-electron chi connectivity index (χ2n) is 4.72. The first-order chi connectivity index (χ1) is 8.65. The van der Waals surface area contributed by atoms with Gasteiger partial charge in [0, 0.05) is 19.3 Å². The summed E-state index contributed by atoms with van der Waals surface area (Å²) in [7, 11) is 2.12. The largest absolute Gasteiger partial charge is 0.477 e. The van der Waals surface area contributed by atoms with Crippen LogP contribution < -0.4 is 5.32 Å². The lowest BCUT2D eigenvalue weighted by Crippen LogP contribution is -2.35. The number of carbonyl (C=O) groups is 1. The molecule has 98 valence electrons. The molecule has 2 N–H and O–H groups in total. The van der Waals surface area contributed by atoms with Gasteiger partial charge < -0.3 is 15.3 Å². The standard InChI is InChI=1S/C12H18N4O2/c1-16-6-2-3-9(8-16)7-14-12-13-5-4-10(15-12)11(17)18/h4-5,9H,2-3,6-8H2,1H3,(H,17,18)(H,13,14,15). The van der Waals surface area contributed by atoms with E-state index in [9.17, 15) is 4.79 Å². The monoisotopic (exact) mass is 250 g/mol. The highest BCUT2D eigenvalue weighted by atomic mass is 16.4. The van der Waals surface area contributed by atoms with E-state index < -0.39 is 5.97 Å². The van der Waals surface area contributed by atoms with E-state index >= 15 is 0 Å². The molecule has 6 nitrogen and oxygen atoms in total. The van der Waals surface area contributed by atoms with Crippen LogP contribution in [0.3, 0.4) is 0 Å². The zero-order valence-corrected chi connectivity index (χ0v) is 10.5. The maximum atomic E-state index is 10.8. The molecule has 1 aliphatic heterocycles. The molecule has 0 spiro atoms. The molecule has 0 saturated carbocycles. The Morgan fingerprint density at radius 3 is 3.22 bits per heavy atom. The third kappa shape index (κ3) is 3.40. The Morgan fingerprint density at radius 1 is 1.67 bits per heavy atom. The van der Waals surface area contributed by atoms with Crippen molar-refractivity contribution in [1.29, 1.82) is 0 Å². The summed E-state index contributed by atoms with van der Waals surface area (Å²) < 4.78 is 0. The Bertz CT molecular complexity index is 424.